The Kier molecular flexibility index (Phi) is 4.19. The van der Waals surface area contributed by atoms with Crippen molar-refractivity contribution in [2.45, 2.75) is 11.3 Å². The normalized spacial score (nSPS) is 11.6. The van der Waals surface area contributed by atoms with E-state index in [1.165, 1.54) is 18.2 Å². The maximum Gasteiger partial charge on any atom is 0.240 e. The van der Waals surface area contributed by atoms with Crippen molar-refractivity contribution < 1.29 is 17.9 Å². The van der Waals surface area contributed by atoms with Gasteiger partial charge in [0.25, 0.3) is 0 Å². The van der Waals surface area contributed by atoms with Crippen LogP contribution in [0, 0.1) is 5.82 Å². The Morgan fingerprint density at radius 3 is 2.73 bits per heavy atom. The highest BCUT2D eigenvalue weighted by Gasteiger charge is 2.13. The van der Waals surface area contributed by atoms with E-state index in [0.29, 0.717) is 6.42 Å². The van der Waals surface area contributed by atoms with Gasteiger partial charge in [-0.05, 0) is 24.6 Å². The lowest BCUT2D eigenvalue weighted by molar-refractivity contribution is 0.289. The fourth-order valence-corrected chi connectivity index (χ4v) is 2.11. The zero-order valence-electron chi connectivity index (χ0n) is 7.98. The van der Waals surface area contributed by atoms with Gasteiger partial charge in [-0.2, -0.15) is 0 Å². The molecule has 6 heteroatoms. The number of nitrogens with one attached hydrogen (secondary N) is 1. The van der Waals surface area contributed by atoms with Gasteiger partial charge in [0.2, 0.25) is 10.0 Å². The lowest BCUT2D eigenvalue weighted by Gasteiger charge is -2.05. The maximum atomic E-state index is 12.8. The average molecular weight is 233 g/mol. The number of benzene rings is 1. The van der Waals surface area contributed by atoms with E-state index in [1.807, 2.05) is 0 Å². The van der Waals surface area contributed by atoms with E-state index < -0.39 is 15.8 Å². The maximum absolute atomic E-state index is 12.8. The third-order valence-corrected chi connectivity index (χ3v) is 3.19. The quantitative estimate of drug-likeness (QED) is 0.727. The Bertz CT molecular complexity index is 419. The van der Waals surface area contributed by atoms with Crippen molar-refractivity contribution in [3.05, 3.63) is 30.1 Å². The highest BCUT2D eigenvalue weighted by molar-refractivity contribution is 7.89. The van der Waals surface area contributed by atoms with Crippen LogP contribution in [0.3, 0.4) is 0 Å². The van der Waals surface area contributed by atoms with E-state index in [2.05, 4.69) is 4.72 Å². The molecule has 15 heavy (non-hydrogen) atoms. The van der Waals surface area contributed by atoms with Crippen molar-refractivity contribution >= 4 is 10.0 Å². The van der Waals surface area contributed by atoms with Gasteiger partial charge in [-0.15, -0.1) is 0 Å². The number of sulfonamides is 1. The molecule has 1 aromatic carbocycles. The Morgan fingerprint density at radius 1 is 1.40 bits per heavy atom. The lowest BCUT2D eigenvalue weighted by atomic mass is 10.4. The summed E-state index contributed by atoms with van der Waals surface area (Å²) >= 11 is 0. The Balaban J connectivity index is 2.77. The molecule has 4 nitrogen and oxygen atoms in total. The van der Waals surface area contributed by atoms with Crippen LogP contribution in [0.25, 0.3) is 0 Å². The first-order valence-electron chi connectivity index (χ1n) is 4.42. The summed E-state index contributed by atoms with van der Waals surface area (Å²) in [6.07, 6.45) is 0.328. The molecule has 0 aliphatic rings. The Morgan fingerprint density at radius 2 is 2.13 bits per heavy atom. The van der Waals surface area contributed by atoms with Gasteiger partial charge >= 0.3 is 0 Å². The summed E-state index contributed by atoms with van der Waals surface area (Å²) in [5.41, 5.74) is 0. The van der Waals surface area contributed by atoms with Crippen molar-refractivity contribution in [1.82, 2.24) is 4.72 Å². The monoisotopic (exact) mass is 233 g/mol. The van der Waals surface area contributed by atoms with Crippen LogP contribution in [-0.4, -0.2) is 26.7 Å². The summed E-state index contributed by atoms with van der Waals surface area (Å²) in [6, 6.07) is 4.76. The van der Waals surface area contributed by atoms with Gasteiger partial charge < -0.3 is 5.11 Å². The van der Waals surface area contributed by atoms with E-state index >= 15 is 0 Å². The van der Waals surface area contributed by atoms with Gasteiger partial charge in [0.1, 0.15) is 5.82 Å². The second kappa shape index (κ2) is 5.20. The number of halogens is 1. The number of rotatable bonds is 5. The highest BCUT2D eigenvalue weighted by Crippen LogP contribution is 2.09. The van der Waals surface area contributed by atoms with E-state index in [1.54, 1.807) is 0 Å². The number of aliphatic hydroxyl groups is 1. The molecule has 0 spiro atoms. The average Bonchev–Trinajstić information content (AvgIpc) is 2.18. The third kappa shape index (κ3) is 3.58. The second-order valence-corrected chi connectivity index (χ2v) is 4.70. The van der Waals surface area contributed by atoms with Crippen molar-refractivity contribution in [3.63, 3.8) is 0 Å². The first kappa shape index (κ1) is 12.1. The molecular formula is C9H12FNO3S. The van der Waals surface area contributed by atoms with Gasteiger partial charge in [0, 0.05) is 13.2 Å². The molecule has 0 aliphatic heterocycles. The van der Waals surface area contributed by atoms with Gasteiger partial charge in [-0.1, -0.05) is 6.07 Å². The second-order valence-electron chi connectivity index (χ2n) is 2.93. The van der Waals surface area contributed by atoms with E-state index in [9.17, 15) is 12.8 Å². The summed E-state index contributed by atoms with van der Waals surface area (Å²) in [5, 5.41) is 8.48. The SMILES string of the molecule is O=S(=O)(NCCCO)c1cccc(F)c1. The summed E-state index contributed by atoms with van der Waals surface area (Å²) in [5.74, 6) is -0.597. The molecule has 0 saturated heterocycles. The summed E-state index contributed by atoms with van der Waals surface area (Å²) in [7, 11) is -3.66. The van der Waals surface area contributed by atoms with Crippen LogP contribution in [0.4, 0.5) is 4.39 Å². The largest absolute Gasteiger partial charge is 0.396 e. The summed E-state index contributed by atoms with van der Waals surface area (Å²) in [4.78, 5) is -0.111. The predicted octanol–water partition coefficient (Wildman–Crippen LogP) is 0.486. The van der Waals surface area contributed by atoms with E-state index in [4.69, 9.17) is 5.11 Å². The lowest BCUT2D eigenvalue weighted by Crippen LogP contribution is -2.25. The molecule has 0 unspecified atom stereocenters. The molecule has 0 fully saturated rings. The number of hydrogen-bond donors (Lipinski definition) is 2. The first-order chi connectivity index (χ1) is 7.06. The van der Waals surface area contributed by atoms with Crippen LogP contribution >= 0.6 is 0 Å². The molecule has 0 radical (unpaired) electrons. The summed E-state index contributed by atoms with van der Waals surface area (Å²) in [6.45, 7) is 0.0427. The standard InChI is InChI=1S/C9H12FNO3S/c10-8-3-1-4-9(7-8)15(13,14)11-5-2-6-12/h1,3-4,7,11-12H,2,5-6H2. The topological polar surface area (TPSA) is 66.4 Å². The molecule has 0 saturated carbocycles. The molecule has 1 aromatic rings. The first-order valence-corrected chi connectivity index (χ1v) is 5.90. The van der Waals surface area contributed by atoms with Crippen molar-refractivity contribution in [2.24, 2.45) is 0 Å². The third-order valence-electron chi connectivity index (χ3n) is 1.73. The molecule has 1 rings (SSSR count). The van der Waals surface area contributed by atoms with Crippen LogP contribution < -0.4 is 4.72 Å². The van der Waals surface area contributed by atoms with Crippen molar-refractivity contribution in [1.29, 1.82) is 0 Å². The van der Waals surface area contributed by atoms with Crippen molar-refractivity contribution in [3.8, 4) is 0 Å². The highest BCUT2D eigenvalue weighted by atomic mass is 32.2. The van der Waals surface area contributed by atoms with Gasteiger partial charge in [0.15, 0.2) is 0 Å². The molecule has 0 aliphatic carbocycles. The molecule has 0 atom stereocenters. The van der Waals surface area contributed by atoms with Crippen LogP contribution in [-0.2, 0) is 10.0 Å². The molecule has 0 aromatic heterocycles. The van der Waals surface area contributed by atoms with Crippen LogP contribution in [0.1, 0.15) is 6.42 Å². The Labute approximate surface area is 87.8 Å². The van der Waals surface area contributed by atoms with Crippen LogP contribution in [0.15, 0.2) is 29.2 Å². The molecule has 84 valence electrons. The molecule has 0 heterocycles. The smallest absolute Gasteiger partial charge is 0.240 e. The van der Waals surface area contributed by atoms with E-state index in [0.717, 1.165) is 6.07 Å². The number of aliphatic hydroxyl groups excluding tert-OH is 1. The molecule has 0 amide bonds. The fourth-order valence-electron chi connectivity index (χ4n) is 1.00. The zero-order chi connectivity index (χ0) is 11.3. The predicted molar refractivity (Wildman–Crippen MR) is 53.3 cm³/mol. The van der Waals surface area contributed by atoms with Crippen LogP contribution in [0.5, 0.6) is 0 Å². The van der Waals surface area contributed by atoms with Gasteiger partial charge in [-0.3, -0.25) is 0 Å². The molecule has 2 N–H and O–H groups in total. The minimum atomic E-state index is -3.66. The van der Waals surface area contributed by atoms with Gasteiger partial charge in [-0.25, -0.2) is 17.5 Å². The molecular weight excluding hydrogens is 221 g/mol. The molecule has 0 bridgehead atoms. The van der Waals surface area contributed by atoms with Crippen LogP contribution in [0.2, 0.25) is 0 Å². The number of hydrogen-bond acceptors (Lipinski definition) is 3. The Hall–Kier alpha value is -0.980. The van der Waals surface area contributed by atoms with E-state index in [-0.39, 0.29) is 18.0 Å². The zero-order valence-corrected chi connectivity index (χ0v) is 8.80. The minimum Gasteiger partial charge on any atom is -0.396 e. The van der Waals surface area contributed by atoms with Gasteiger partial charge in [0.05, 0.1) is 4.90 Å². The fraction of sp³-hybridized carbons (Fsp3) is 0.333. The van der Waals surface area contributed by atoms with Crippen molar-refractivity contribution in [2.75, 3.05) is 13.2 Å². The minimum absolute atomic E-state index is 0.0916. The summed E-state index contributed by atoms with van der Waals surface area (Å²) < 4.78 is 38.0.